The normalized spacial score (nSPS) is 11.4. The molecular weight excluding hydrogens is 643 g/mol. The Labute approximate surface area is 308 Å². The van der Waals surface area contributed by atoms with Gasteiger partial charge in [-0.3, -0.25) is 0 Å². The van der Waals surface area contributed by atoms with Crippen LogP contribution in [-0.4, -0.2) is 9.97 Å². The van der Waals surface area contributed by atoms with Gasteiger partial charge in [-0.1, -0.05) is 164 Å². The van der Waals surface area contributed by atoms with Crippen molar-refractivity contribution in [1.29, 1.82) is 0 Å². The molecule has 248 valence electrons. The van der Waals surface area contributed by atoms with Crippen molar-refractivity contribution in [3.05, 3.63) is 200 Å². The topological polar surface area (TPSA) is 29.0 Å². The third-order valence-corrected chi connectivity index (χ3v) is 10.2. The Balaban J connectivity index is 1.21. The molecule has 0 radical (unpaired) electrons. The van der Waals surface area contributed by atoms with Crippen molar-refractivity contribution >= 4 is 60.4 Å². The van der Waals surface area contributed by atoms with Crippen LogP contribution in [0.15, 0.2) is 200 Å². The molecule has 9 aromatic carbocycles. The van der Waals surface area contributed by atoms with Gasteiger partial charge in [0.25, 0.3) is 0 Å². The van der Waals surface area contributed by atoms with Crippen molar-refractivity contribution < 1.29 is 0 Å². The summed E-state index contributed by atoms with van der Waals surface area (Å²) in [4.78, 5) is 13.1. The van der Waals surface area contributed by atoms with Crippen LogP contribution in [0, 0.1) is 0 Å². The number of rotatable bonds is 6. The second kappa shape index (κ2) is 12.9. The van der Waals surface area contributed by atoms with Gasteiger partial charge in [-0.05, 0) is 68.9 Å². The van der Waals surface area contributed by atoms with Gasteiger partial charge in [0.15, 0.2) is 0 Å². The molecule has 0 atom stereocenters. The van der Waals surface area contributed by atoms with Gasteiger partial charge in [0.2, 0.25) is 0 Å². The SMILES string of the molecule is c1ccc(-c2ccccc2N(c2ccc3ccccc3c2)c2ccc3c(ccc4ccc5nc(-c6ccccc6)c(-c6ccccc6)nc5c43)c2)cc1. The van der Waals surface area contributed by atoms with Crippen LogP contribution in [0.5, 0.6) is 0 Å². The zero-order valence-electron chi connectivity index (χ0n) is 28.9. The first-order valence-corrected chi connectivity index (χ1v) is 18.0. The molecule has 0 aliphatic rings. The number of aromatic nitrogens is 2. The molecule has 0 spiro atoms. The van der Waals surface area contributed by atoms with E-state index in [-0.39, 0.29) is 0 Å². The lowest BCUT2D eigenvalue weighted by molar-refractivity contribution is 1.29. The number of hydrogen-bond acceptors (Lipinski definition) is 3. The lowest BCUT2D eigenvalue weighted by Gasteiger charge is -2.28. The first-order chi connectivity index (χ1) is 26.3. The molecule has 10 rings (SSSR count). The maximum atomic E-state index is 5.45. The van der Waals surface area contributed by atoms with E-state index < -0.39 is 0 Å². The van der Waals surface area contributed by atoms with Gasteiger partial charge in [0.05, 0.1) is 28.1 Å². The Bertz CT molecular complexity index is 2940. The molecular formula is C50H33N3. The first-order valence-electron chi connectivity index (χ1n) is 18.0. The molecule has 0 unspecified atom stereocenters. The van der Waals surface area contributed by atoms with Crippen LogP contribution >= 0.6 is 0 Å². The lowest BCUT2D eigenvalue weighted by Crippen LogP contribution is -2.11. The predicted molar refractivity (Wildman–Crippen MR) is 223 cm³/mol. The summed E-state index contributed by atoms with van der Waals surface area (Å²) in [5.41, 5.74) is 11.3. The highest BCUT2D eigenvalue weighted by molar-refractivity contribution is 6.19. The van der Waals surface area contributed by atoms with Gasteiger partial charge in [-0.2, -0.15) is 0 Å². The maximum absolute atomic E-state index is 5.45. The van der Waals surface area contributed by atoms with E-state index in [4.69, 9.17) is 9.97 Å². The van der Waals surface area contributed by atoms with Crippen molar-refractivity contribution in [2.24, 2.45) is 0 Å². The number of anilines is 3. The van der Waals surface area contributed by atoms with Crippen LogP contribution in [0.25, 0.3) is 77.0 Å². The minimum Gasteiger partial charge on any atom is -0.310 e. The first kappa shape index (κ1) is 30.7. The van der Waals surface area contributed by atoms with Gasteiger partial charge in [-0.25, -0.2) is 9.97 Å². The van der Waals surface area contributed by atoms with Crippen molar-refractivity contribution in [3.63, 3.8) is 0 Å². The predicted octanol–water partition coefficient (Wildman–Crippen LogP) is 13.6. The summed E-state index contributed by atoms with van der Waals surface area (Å²) in [5, 5.41) is 6.95. The van der Waals surface area contributed by atoms with Crippen LogP contribution in [0.3, 0.4) is 0 Å². The third-order valence-electron chi connectivity index (χ3n) is 10.2. The summed E-state index contributed by atoms with van der Waals surface area (Å²) in [6.07, 6.45) is 0. The summed E-state index contributed by atoms with van der Waals surface area (Å²) in [7, 11) is 0. The molecule has 0 N–H and O–H groups in total. The highest BCUT2D eigenvalue weighted by Gasteiger charge is 2.20. The highest BCUT2D eigenvalue weighted by atomic mass is 15.1. The van der Waals surface area contributed by atoms with E-state index in [1.165, 1.54) is 21.9 Å². The zero-order valence-corrected chi connectivity index (χ0v) is 28.9. The van der Waals surface area contributed by atoms with E-state index in [2.05, 4.69) is 193 Å². The molecule has 0 amide bonds. The molecule has 0 aliphatic heterocycles. The zero-order chi connectivity index (χ0) is 35.1. The molecule has 1 aromatic heterocycles. The van der Waals surface area contributed by atoms with E-state index in [1.54, 1.807) is 0 Å². The average molecular weight is 676 g/mol. The third kappa shape index (κ3) is 5.47. The molecule has 3 nitrogen and oxygen atoms in total. The monoisotopic (exact) mass is 675 g/mol. The molecule has 0 saturated carbocycles. The standard InChI is InChI=1S/C50H33N3/c1-4-15-35(16-5-1)43-22-12-13-23-46(43)53(41-28-26-34-14-10-11-21-39(34)32-41)42-29-30-44-40(33-42)25-24-36-27-31-45-50(47(36)44)52-49(38-19-8-3-9-20-38)48(51-45)37-17-6-2-7-18-37/h1-33H. The van der Waals surface area contributed by atoms with E-state index in [0.717, 1.165) is 72.2 Å². The Hall–Kier alpha value is -7.10. The smallest absolute Gasteiger partial charge is 0.0979 e. The molecule has 0 saturated heterocycles. The summed E-state index contributed by atoms with van der Waals surface area (Å²) >= 11 is 0. The fourth-order valence-electron chi connectivity index (χ4n) is 7.66. The molecule has 0 fully saturated rings. The molecule has 3 heteroatoms. The van der Waals surface area contributed by atoms with Gasteiger partial charge >= 0.3 is 0 Å². The van der Waals surface area contributed by atoms with Gasteiger partial charge in [-0.15, -0.1) is 0 Å². The van der Waals surface area contributed by atoms with Crippen molar-refractivity contribution in [3.8, 4) is 33.6 Å². The highest BCUT2D eigenvalue weighted by Crippen LogP contribution is 2.43. The Morgan fingerprint density at radius 2 is 0.887 bits per heavy atom. The quantitative estimate of drug-likeness (QED) is 0.164. The molecule has 10 aromatic rings. The van der Waals surface area contributed by atoms with Gasteiger partial charge in [0.1, 0.15) is 0 Å². The van der Waals surface area contributed by atoms with Gasteiger partial charge in [0, 0.05) is 33.5 Å². The number of hydrogen-bond donors (Lipinski definition) is 0. The summed E-state index contributed by atoms with van der Waals surface area (Å²) in [6, 6.07) is 71.0. The number of benzene rings is 9. The van der Waals surface area contributed by atoms with E-state index >= 15 is 0 Å². The Kier molecular flexibility index (Phi) is 7.47. The number of para-hydroxylation sites is 1. The molecule has 0 bridgehead atoms. The summed E-state index contributed by atoms with van der Waals surface area (Å²) < 4.78 is 0. The summed E-state index contributed by atoms with van der Waals surface area (Å²) in [6.45, 7) is 0. The van der Waals surface area contributed by atoms with Crippen LogP contribution < -0.4 is 4.90 Å². The molecule has 0 aliphatic carbocycles. The van der Waals surface area contributed by atoms with E-state index in [9.17, 15) is 0 Å². The van der Waals surface area contributed by atoms with E-state index in [1.807, 2.05) is 12.1 Å². The van der Waals surface area contributed by atoms with Gasteiger partial charge < -0.3 is 4.90 Å². The van der Waals surface area contributed by atoms with Crippen LogP contribution in [0.4, 0.5) is 17.1 Å². The average Bonchev–Trinajstić information content (AvgIpc) is 3.24. The minimum absolute atomic E-state index is 0.877. The molecule has 53 heavy (non-hydrogen) atoms. The van der Waals surface area contributed by atoms with Crippen molar-refractivity contribution in [2.75, 3.05) is 4.90 Å². The van der Waals surface area contributed by atoms with Crippen LogP contribution in [-0.2, 0) is 0 Å². The second-order valence-electron chi connectivity index (χ2n) is 13.4. The van der Waals surface area contributed by atoms with E-state index in [0.29, 0.717) is 0 Å². The second-order valence-corrected chi connectivity index (χ2v) is 13.4. The van der Waals surface area contributed by atoms with Crippen molar-refractivity contribution in [2.45, 2.75) is 0 Å². The fourth-order valence-corrected chi connectivity index (χ4v) is 7.66. The molecule has 1 heterocycles. The number of fused-ring (bicyclic) bond motifs is 6. The lowest BCUT2D eigenvalue weighted by atomic mass is 9.97. The van der Waals surface area contributed by atoms with Crippen LogP contribution in [0.2, 0.25) is 0 Å². The Morgan fingerprint density at radius 1 is 0.358 bits per heavy atom. The maximum Gasteiger partial charge on any atom is 0.0979 e. The van der Waals surface area contributed by atoms with Crippen molar-refractivity contribution in [1.82, 2.24) is 9.97 Å². The van der Waals surface area contributed by atoms with Crippen LogP contribution in [0.1, 0.15) is 0 Å². The number of nitrogens with zero attached hydrogens (tertiary/aromatic N) is 3. The fraction of sp³-hybridized carbons (Fsp3) is 0. The summed E-state index contributed by atoms with van der Waals surface area (Å²) in [5.74, 6) is 0. The largest absolute Gasteiger partial charge is 0.310 e. The minimum atomic E-state index is 0.877. The Morgan fingerprint density at radius 3 is 1.62 bits per heavy atom.